The van der Waals surface area contributed by atoms with Crippen LogP contribution in [-0.2, 0) is 10.0 Å². The predicted octanol–water partition coefficient (Wildman–Crippen LogP) is 1.08. The van der Waals surface area contributed by atoms with Crippen molar-refractivity contribution < 1.29 is 17.2 Å². The predicted molar refractivity (Wildman–Crippen MR) is 62.2 cm³/mol. The summed E-state index contributed by atoms with van der Waals surface area (Å²) in [6.45, 7) is 1.71. The molecule has 96 valence electrons. The molecule has 0 saturated heterocycles. The average Bonchev–Trinajstić information content (AvgIpc) is 2.23. The van der Waals surface area contributed by atoms with Gasteiger partial charge in [-0.05, 0) is 19.1 Å². The zero-order valence-corrected chi connectivity index (χ0v) is 10.2. The summed E-state index contributed by atoms with van der Waals surface area (Å²) in [7, 11) is -3.59. The van der Waals surface area contributed by atoms with Crippen LogP contribution in [0.5, 0.6) is 0 Å². The van der Waals surface area contributed by atoms with Crippen molar-refractivity contribution >= 4 is 15.7 Å². The Morgan fingerprint density at radius 3 is 2.41 bits per heavy atom. The molecule has 0 aliphatic rings. The highest BCUT2D eigenvalue weighted by Crippen LogP contribution is 2.20. The summed E-state index contributed by atoms with van der Waals surface area (Å²) in [5, 5.41) is 0. The molecule has 0 aromatic heterocycles. The van der Waals surface area contributed by atoms with Crippen molar-refractivity contribution in [3.8, 4) is 0 Å². The van der Waals surface area contributed by atoms with Gasteiger partial charge in [0.2, 0.25) is 10.0 Å². The first-order chi connectivity index (χ1) is 7.92. The summed E-state index contributed by atoms with van der Waals surface area (Å²) in [4.78, 5) is 0. The van der Waals surface area contributed by atoms with Crippen LogP contribution in [0.1, 0.15) is 6.92 Å². The molecule has 0 unspecified atom stereocenters. The number of nitrogens with zero attached hydrogens (tertiary/aromatic N) is 1. The Kier molecular flexibility index (Phi) is 4.41. The summed E-state index contributed by atoms with van der Waals surface area (Å²) in [6, 6.07) is 2.97. The molecule has 17 heavy (non-hydrogen) atoms. The van der Waals surface area contributed by atoms with Crippen LogP contribution in [0.4, 0.5) is 14.5 Å². The highest BCUT2D eigenvalue weighted by Gasteiger charge is 2.20. The molecule has 1 aromatic rings. The molecule has 0 aliphatic heterocycles. The molecule has 2 N–H and O–H groups in total. The Morgan fingerprint density at radius 1 is 1.29 bits per heavy atom. The van der Waals surface area contributed by atoms with Crippen molar-refractivity contribution in [3.05, 3.63) is 29.8 Å². The minimum Gasteiger partial charge on any atom is -0.329 e. The Hall–Kier alpha value is -1.21. The van der Waals surface area contributed by atoms with Gasteiger partial charge < -0.3 is 5.73 Å². The van der Waals surface area contributed by atoms with Crippen molar-refractivity contribution in [3.63, 3.8) is 0 Å². The van der Waals surface area contributed by atoms with E-state index in [1.54, 1.807) is 6.92 Å². The monoisotopic (exact) mass is 264 g/mol. The highest BCUT2D eigenvalue weighted by molar-refractivity contribution is 7.92. The molecule has 0 amide bonds. The van der Waals surface area contributed by atoms with E-state index in [1.807, 2.05) is 0 Å². The van der Waals surface area contributed by atoms with Gasteiger partial charge in [-0.15, -0.1) is 0 Å². The first kappa shape index (κ1) is 13.9. The topological polar surface area (TPSA) is 63.4 Å². The standard InChI is InChI=1S/C10H14F2N2O2S/c1-2-14(17(15,16)6-5-13)8-3-4-9(11)10(12)7-8/h3-4,7H,2,5-6,13H2,1H3. The van der Waals surface area contributed by atoms with Crippen LogP contribution < -0.4 is 10.0 Å². The molecule has 7 heteroatoms. The number of halogens is 2. The van der Waals surface area contributed by atoms with Gasteiger partial charge in [0.1, 0.15) is 0 Å². The zero-order chi connectivity index (χ0) is 13.1. The van der Waals surface area contributed by atoms with E-state index in [0.717, 1.165) is 16.4 Å². The Balaban J connectivity index is 3.14. The molecule has 0 aliphatic carbocycles. The van der Waals surface area contributed by atoms with E-state index in [-0.39, 0.29) is 24.5 Å². The summed E-state index contributed by atoms with van der Waals surface area (Å²) >= 11 is 0. The van der Waals surface area contributed by atoms with E-state index >= 15 is 0 Å². The maximum atomic E-state index is 13.0. The van der Waals surface area contributed by atoms with Gasteiger partial charge >= 0.3 is 0 Å². The van der Waals surface area contributed by atoms with Crippen molar-refractivity contribution in [1.82, 2.24) is 0 Å². The van der Waals surface area contributed by atoms with Crippen LogP contribution in [-0.4, -0.2) is 27.3 Å². The number of benzene rings is 1. The van der Waals surface area contributed by atoms with Crippen LogP contribution in [0.25, 0.3) is 0 Å². The normalized spacial score (nSPS) is 11.5. The van der Waals surface area contributed by atoms with Crippen molar-refractivity contribution in [2.75, 3.05) is 23.1 Å². The zero-order valence-electron chi connectivity index (χ0n) is 9.36. The largest absolute Gasteiger partial charge is 0.329 e. The quantitative estimate of drug-likeness (QED) is 0.865. The molecule has 0 radical (unpaired) electrons. The molecule has 1 aromatic carbocycles. The molecule has 0 bridgehead atoms. The maximum absolute atomic E-state index is 13.0. The van der Waals surface area contributed by atoms with Gasteiger partial charge in [-0.2, -0.15) is 0 Å². The molecule has 0 spiro atoms. The van der Waals surface area contributed by atoms with Crippen molar-refractivity contribution in [1.29, 1.82) is 0 Å². The first-order valence-corrected chi connectivity index (χ1v) is 6.68. The van der Waals surface area contributed by atoms with Gasteiger partial charge in [0, 0.05) is 19.2 Å². The van der Waals surface area contributed by atoms with E-state index in [2.05, 4.69) is 0 Å². The second kappa shape index (κ2) is 5.42. The molecule has 0 heterocycles. The molecular formula is C10H14F2N2O2S. The molecular weight excluding hydrogens is 250 g/mol. The Bertz CT molecular complexity index is 491. The minimum atomic E-state index is -3.59. The fourth-order valence-electron chi connectivity index (χ4n) is 1.44. The van der Waals surface area contributed by atoms with Crippen LogP contribution >= 0.6 is 0 Å². The number of nitrogens with two attached hydrogens (primary N) is 1. The lowest BCUT2D eigenvalue weighted by molar-refractivity contribution is 0.508. The number of anilines is 1. The molecule has 0 fully saturated rings. The van der Waals surface area contributed by atoms with E-state index in [0.29, 0.717) is 0 Å². The van der Waals surface area contributed by atoms with Crippen molar-refractivity contribution in [2.45, 2.75) is 6.92 Å². The third-order valence-corrected chi connectivity index (χ3v) is 4.08. The van der Waals surface area contributed by atoms with E-state index in [9.17, 15) is 17.2 Å². The van der Waals surface area contributed by atoms with Crippen LogP contribution in [0.2, 0.25) is 0 Å². The summed E-state index contributed by atoms with van der Waals surface area (Å²) in [5.74, 6) is -2.33. The Morgan fingerprint density at radius 2 is 1.94 bits per heavy atom. The number of rotatable bonds is 5. The number of hydrogen-bond acceptors (Lipinski definition) is 3. The smallest absolute Gasteiger partial charge is 0.236 e. The van der Waals surface area contributed by atoms with Gasteiger partial charge in [-0.3, -0.25) is 4.31 Å². The number of hydrogen-bond donors (Lipinski definition) is 1. The maximum Gasteiger partial charge on any atom is 0.236 e. The SMILES string of the molecule is CCN(c1ccc(F)c(F)c1)S(=O)(=O)CCN. The Labute approximate surface area is 99.1 Å². The molecule has 4 nitrogen and oxygen atoms in total. The first-order valence-electron chi connectivity index (χ1n) is 5.08. The fraction of sp³-hybridized carbons (Fsp3) is 0.400. The van der Waals surface area contributed by atoms with Crippen LogP contribution in [0.15, 0.2) is 18.2 Å². The van der Waals surface area contributed by atoms with Crippen LogP contribution in [0.3, 0.4) is 0 Å². The van der Waals surface area contributed by atoms with Gasteiger partial charge in [0.05, 0.1) is 11.4 Å². The van der Waals surface area contributed by atoms with Gasteiger partial charge in [0.25, 0.3) is 0 Å². The minimum absolute atomic E-state index is 0.0253. The average molecular weight is 264 g/mol. The molecule has 0 atom stereocenters. The van der Waals surface area contributed by atoms with Gasteiger partial charge in [-0.1, -0.05) is 0 Å². The lowest BCUT2D eigenvalue weighted by Crippen LogP contribution is -2.35. The van der Waals surface area contributed by atoms with E-state index in [4.69, 9.17) is 5.73 Å². The molecule has 0 saturated carbocycles. The summed E-state index contributed by atoms with van der Waals surface area (Å²) < 4.78 is 50.4. The highest BCUT2D eigenvalue weighted by atomic mass is 32.2. The molecule has 1 rings (SSSR count). The fourth-order valence-corrected chi connectivity index (χ4v) is 2.79. The summed E-state index contributed by atoms with van der Waals surface area (Å²) in [6.07, 6.45) is 0. The van der Waals surface area contributed by atoms with Gasteiger partial charge in [-0.25, -0.2) is 17.2 Å². The third kappa shape index (κ3) is 3.13. The van der Waals surface area contributed by atoms with Gasteiger partial charge in [0.15, 0.2) is 11.6 Å². The van der Waals surface area contributed by atoms with E-state index in [1.165, 1.54) is 6.07 Å². The van der Waals surface area contributed by atoms with Crippen LogP contribution in [0, 0.1) is 11.6 Å². The second-order valence-electron chi connectivity index (χ2n) is 3.37. The lowest BCUT2D eigenvalue weighted by Gasteiger charge is -2.22. The summed E-state index contributed by atoms with van der Waals surface area (Å²) in [5.41, 5.74) is 5.30. The lowest BCUT2D eigenvalue weighted by atomic mass is 10.3. The third-order valence-electron chi connectivity index (χ3n) is 2.19. The van der Waals surface area contributed by atoms with Crippen molar-refractivity contribution in [2.24, 2.45) is 5.73 Å². The second-order valence-corrected chi connectivity index (χ2v) is 5.38. The number of sulfonamides is 1. The van der Waals surface area contributed by atoms with E-state index < -0.39 is 21.7 Å².